The minimum atomic E-state index is -3.17. The van der Waals surface area contributed by atoms with E-state index in [0.717, 1.165) is 15.9 Å². The lowest BCUT2D eigenvalue weighted by molar-refractivity contribution is -0.156. The molecule has 1 amide bonds. The molecule has 0 bridgehead atoms. The van der Waals surface area contributed by atoms with Gasteiger partial charge in [-0.3, -0.25) is 9.59 Å². The molecule has 2 aliphatic rings. The lowest BCUT2D eigenvalue weighted by Crippen LogP contribution is -2.69. The van der Waals surface area contributed by atoms with E-state index in [9.17, 15) is 9.59 Å². The Bertz CT molecular complexity index is 1940. The minimum Gasteiger partial charge on any atom is -0.457 e. The van der Waals surface area contributed by atoms with Gasteiger partial charge in [-0.15, -0.1) is 0 Å². The first-order valence-electron chi connectivity index (χ1n) is 18.0. The van der Waals surface area contributed by atoms with E-state index in [1.807, 2.05) is 97.9 Å². The van der Waals surface area contributed by atoms with Crippen molar-refractivity contribution in [3.63, 3.8) is 0 Å². The summed E-state index contributed by atoms with van der Waals surface area (Å²) in [6, 6.07) is 33.9. The number of benzene rings is 4. The zero-order valence-electron chi connectivity index (χ0n) is 31.3. The SMILES string of the molecule is C=CCOC(=O)C(N1C(=O)[C@H](C(C)O[Si](C)(C)C(C)(C)C)[C@H]1CC(=O)c1ccc2c(c1)OCO2)=P(c1ccccc1)(c1ccccc1)c1ccccc1. The van der Waals surface area contributed by atoms with Gasteiger partial charge in [0.2, 0.25) is 12.7 Å². The van der Waals surface area contributed by atoms with Gasteiger partial charge in [-0.25, -0.2) is 4.79 Å². The van der Waals surface area contributed by atoms with Crippen molar-refractivity contribution >= 4 is 54.2 Å². The average Bonchev–Trinajstić information content (AvgIpc) is 3.62. The van der Waals surface area contributed by atoms with Crippen molar-refractivity contribution in [2.75, 3.05) is 13.4 Å². The molecule has 0 spiro atoms. The van der Waals surface area contributed by atoms with E-state index in [1.165, 1.54) is 6.08 Å². The fourth-order valence-electron chi connectivity index (χ4n) is 7.02. The van der Waals surface area contributed by atoms with Crippen molar-refractivity contribution in [2.45, 2.75) is 64.4 Å². The number of ketones is 1. The van der Waals surface area contributed by atoms with Crippen LogP contribution in [0.15, 0.2) is 122 Å². The summed E-state index contributed by atoms with van der Waals surface area (Å²) in [5, 5.41) is 2.48. The number of amides is 1. The van der Waals surface area contributed by atoms with Crippen molar-refractivity contribution in [2.24, 2.45) is 5.92 Å². The molecular weight excluding hydrogens is 702 g/mol. The number of hydrogen-bond acceptors (Lipinski definition) is 7. The molecule has 0 N–H and O–H groups in total. The summed E-state index contributed by atoms with van der Waals surface area (Å²) < 4.78 is 23.9. The van der Waals surface area contributed by atoms with Gasteiger partial charge in [0, 0.05) is 18.9 Å². The number of β-lactam (4-membered cyclic amide) rings is 1. The maximum atomic E-state index is 15.1. The molecule has 276 valence electrons. The predicted octanol–water partition coefficient (Wildman–Crippen LogP) is 7.08. The summed E-state index contributed by atoms with van der Waals surface area (Å²) in [6.45, 7) is 13.3. The standard InChI is InChI=1S/C43H48NO7PSi/c1-8-26-48-42(47)41(52(32-18-12-9-13-19-32,33-20-14-10-15-21-33)34-22-16-11-17-23-34)44-35(28-36(45)31-24-25-37-38(27-31)50-29-49-37)39(40(44)46)30(2)51-53(6,7)43(3,4)5/h8-25,27,30,35,39H,1,26,28-29H2,2-7H3/t30?,35-,39-/m1/s1. The Kier molecular flexibility index (Phi) is 11.0. The van der Waals surface area contributed by atoms with Gasteiger partial charge in [0.15, 0.2) is 25.6 Å². The van der Waals surface area contributed by atoms with Crippen LogP contribution in [0, 0.1) is 5.92 Å². The number of ether oxygens (including phenoxy) is 3. The van der Waals surface area contributed by atoms with E-state index >= 15 is 4.79 Å². The van der Waals surface area contributed by atoms with Crippen LogP contribution in [0.5, 0.6) is 11.5 Å². The monoisotopic (exact) mass is 749 g/mol. The van der Waals surface area contributed by atoms with Crippen LogP contribution in [0.1, 0.15) is 44.5 Å². The van der Waals surface area contributed by atoms with Crippen LogP contribution in [-0.4, -0.2) is 61.8 Å². The van der Waals surface area contributed by atoms with E-state index in [4.69, 9.17) is 18.6 Å². The molecule has 53 heavy (non-hydrogen) atoms. The number of rotatable bonds is 13. The lowest BCUT2D eigenvalue weighted by atomic mass is 9.79. The Morgan fingerprint density at radius 3 is 1.92 bits per heavy atom. The third kappa shape index (κ3) is 7.18. The van der Waals surface area contributed by atoms with Crippen LogP contribution in [0.4, 0.5) is 0 Å². The molecule has 1 fully saturated rings. The highest BCUT2D eigenvalue weighted by Gasteiger charge is 2.57. The van der Waals surface area contributed by atoms with E-state index in [1.54, 1.807) is 23.1 Å². The molecule has 3 atom stereocenters. The summed E-state index contributed by atoms with van der Waals surface area (Å²) in [6.07, 6.45) is 0.926. The molecule has 1 saturated heterocycles. The topological polar surface area (TPSA) is 91.4 Å². The molecule has 0 aliphatic carbocycles. The molecule has 2 heterocycles. The number of esters is 1. The van der Waals surface area contributed by atoms with Crippen molar-refractivity contribution in [3.8, 4) is 11.5 Å². The molecule has 0 radical (unpaired) electrons. The average molecular weight is 750 g/mol. The molecule has 2 aliphatic heterocycles. The zero-order chi connectivity index (χ0) is 38.0. The molecular formula is C43H48NO7PSi. The third-order valence-corrected chi connectivity index (χ3v) is 19.5. The Hall–Kier alpha value is -4.69. The summed E-state index contributed by atoms with van der Waals surface area (Å²) in [5.41, 5.74) is 0.642. The van der Waals surface area contributed by atoms with Gasteiger partial charge >= 0.3 is 5.97 Å². The maximum absolute atomic E-state index is 15.1. The lowest BCUT2D eigenvalue weighted by Gasteiger charge is -2.53. The largest absolute Gasteiger partial charge is 0.457 e. The van der Waals surface area contributed by atoms with Crippen LogP contribution in [0.3, 0.4) is 0 Å². The van der Waals surface area contributed by atoms with Gasteiger partial charge in [0.25, 0.3) is 0 Å². The van der Waals surface area contributed by atoms with E-state index in [0.29, 0.717) is 17.1 Å². The number of Topliss-reactive ketones (excluding diaryl/α,β-unsaturated/α-hetero) is 1. The van der Waals surface area contributed by atoms with Crippen molar-refractivity contribution < 1.29 is 33.0 Å². The Morgan fingerprint density at radius 2 is 1.42 bits per heavy atom. The Balaban J connectivity index is 1.62. The number of likely N-dealkylation sites (tertiary alicyclic amines) is 1. The Labute approximate surface area is 313 Å². The van der Waals surface area contributed by atoms with Crippen molar-refractivity contribution in [1.82, 2.24) is 4.90 Å². The van der Waals surface area contributed by atoms with Gasteiger partial charge in [-0.05, 0) is 59.2 Å². The first-order valence-corrected chi connectivity index (χ1v) is 22.7. The van der Waals surface area contributed by atoms with Crippen LogP contribution >= 0.6 is 6.89 Å². The molecule has 0 aromatic heterocycles. The second kappa shape index (κ2) is 15.3. The van der Waals surface area contributed by atoms with Crippen molar-refractivity contribution in [1.29, 1.82) is 0 Å². The van der Waals surface area contributed by atoms with Gasteiger partial charge in [0.1, 0.15) is 12.0 Å². The molecule has 4 aromatic carbocycles. The van der Waals surface area contributed by atoms with E-state index < -0.39 is 39.2 Å². The molecule has 0 saturated carbocycles. The van der Waals surface area contributed by atoms with Crippen LogP contribution < -0.4 is 25.4 Å². The minimum absolute atomic E-state index is 0.0577. The molecule has 8 nitrogen and oxygen atoms in total. The number of fused-ring (bicyclic) bond motifs is 1. The number of nitrogens with zero attached hydrogens (tertiary/aromatic N) is 1. The van der Waals surface area contributed by atoms with Gasteiger partial charge < -0.3 is 23.5 Å². The zero-order valence-corrected chi connectivity index (χ0v) is 33.2. The summed E-state index contributed by atoms with van der Waals surface area (Å²) in [7, 11) is -2.36. The van der Waals surface area contributed by atoms with Crippen LogP contribution in [-0.2, 0) is 18.8 Å². The summed E-state index contributed by atoms with van der Waals surface area (Å²) >= 11 is 0. The second-order valence-corrected chi connectivity index (χ2v) is 23.0. The van der Waals surface area contributed by atoms with Gasteiger partial charge in [0.05, 0.1) is 18.1 Å². The highest BCUT2D eigenvalue weighted by atomic mass is 31.2. The molecule has 10 heteroatoms. The molecule has 1 unspecified atom stereocenters. The van der Waals surface area contributed by atoms with E-state index in [2.05, 4.69) is 40.4 Å². The van der Waals surface area contributed by atoms with E-state index in [-0.39, 0.29) is 42.0 Å². The quantitative estimate of drug-likeness (QED) is 0.0361. The molecule has 6 rings (SSSR count). The fraction of sp³-hybridized carbons (Fsp3) is 0.302. The van der Waals surface area contributed by atoms with Gasteiger partial charge in [-0.2, -0.15) is 0 Å². The van der Waals surface area contributed by atoms with Gasteiger partial charge in [-0.1, -0.05) is 124 Å². The fourth-order valence-corrected chi connectivity index (χ4v) is 12.8. The second-order valence-electron chi connectivity index (χ2n) is 15.0. The summed E-state index contributed by atoms with van der Waals surface area (Å²) in [5.74, 6) is -0.755. The van der Waals surface area contributed by atoms with Crippen LogP contribution in [0.25, 0.3) is 0 Å². The first kappa shape index (κ1) is 38.0. The number of carbonyl (C=O) groups excluding carboxylic acids is 3. The number of hydrogen-bond donors (Lipinski definition) is 0. The normalized spacial score (nSPS) is 17.5. The first-order chi connectivity index (χ1) is 25.3. The smallest absolute Gasteiger partial charge is 0.356 e. The predicted molar refractivity (Wildman–Crippen MR) is 215 cm³/mol. The third-order valence-electron chi connectivity index (χ3n) is 10.6. The number of carbonyl (C=O) groups is 3. The highest BCUT2D eigenvalue weighted by molar-refractivity contribution is 7.96. The summed E-state index contributed by atoms with van der Waals surface area (Å²) in [4.78, 5) is 45.9. The van der Waals surface area contributed by atoms with Crippen molar-refractivity contribution in [3.05, 3.63) is 127 Å². The maximum Gasteiger partial charge on any atom is 0.356 e. The van der Waals surface area contributed by atoms with Crippen LogP contribution in [0.2, 0.25) is 18.1 Å². The molecule has 4 aromatic rings. The Morgan fingerprint density at radius 1 is 0.887 bits per heavy atom. The highest BCUT2D eigenvalue weighted by Crippen LogP contribution is 2.51.